The molecule has 0 spiro atoms. The minimum atomic E-state index is -0.754. The minimum Gasteiger partial charge on any atom is -0.469 e. The summed E-state index contributed by atoms with van der Waals surface area (Å²) in [5, 5.41) is 2.72. The van der Waals surface area contributed by atoms with E-state index >= 15 is 0 Å². The molecular formula is C15H16BrN3O5. The van der Waals surface area contributed by atoms with Gasteiger partial charge in [-0.05, 0) is 24.1 Å². The second kappa shape index (κ2) is 7.91. The number of fused-ring (bicyclic) bond motifs is 1. The van der Waals surface area contributed by atoms with Gasteiger partial charge in [0, 0.05) is 23.9 Å². The van der Waals surface area contributed by atoms with Gasteiger partial charge in [0.05, 0.1) is 18.1 Å². The van der Waals surface area contributed by atoms with Crippen LogP contribution in [0.25, 0.3) is 11.0 Å². The summed E-state index contributed by atoms with van der Waals surface area (Å²) in [6.07, 6.45) is 0.759. The van der Waals surface area contributed by atoms with Crippen molar-refractivity contribution in [2.24, 2.45) is 0 Å². The molecule has 0 aliphatic carbocycles. The fourth-order valence-corrected chi connectivity index (χ4v) is 2.68. The van der Waals surface area contributed by atoms with E-state index in [0.717, 1.165) is 0 Å². The molecule has 0 fully saturated rings. The number of carbonyl (C=O) groups excluding carboxylic acids is 2. The molecule has 1 amide bonds. The highest BCUT2D eigenvalue weighted by Gasteiger charge is 2.09. The fraction of sp³-hybridized carbons (Fsp3) is 0.333. The largest absolute Gasteiger partial charge is 0.469 e. The first kappa shape index (κ1) is 17.9. The molecule has 0 aliphatic heterocycles. The molecule has 1 aromatic carbocycles. The van der Waals surface area contributed by atoms with Crippen LogP contribution in [0.4, 0.5) is 0 Å². The SMILES string of the molecule is COC(=O)CCCC(=O)NCc1cc(Br)cc2[nH]c(=O)c(=O)[nH]c12. The molecule has 2 rings (SSSR count). The van der Waals surface area contributed by atoms with Gasteiger partial charge in [-0.1, -0.05) is 15.9 Å². The number of aromatic amines is 2. The maximum absolute atomic E-state index is 11.8. The molecule has 128 valence electrons. The van der Waals surface area contributed by atoms with Crippen LogP contribution in [-0.2, 0) is 20.9 Å². The number of benzene rings is 1. The Morgan fingerprint density at radius 1 is 1.17 bits per heavy atom. The van der Waals surface area contributed by atoms with Crippen molar-refractivity contribution >= 4 is 38.8 Å². The molecule has 0 aliphatic rings. The average Bonchev–Trinajstić information content (AvgIpc) is 2.54. The van der Waals surface area contributed by atoms with E-state index in [1.54, 1.807) is 12.1 Å². The van der Waals surface area contributed by atoms with Gasteiger partial charge >= 0.3 is 17.1 Å². The molecule has 0 saturated carbocycles. The Kier molecular flexibility index (Phi) is 5.91. The number of nitrogens with one attached hydrogen (secondary N) is 3. The minimum absolute atomic E-state index is 0.176. The summed E-state index contributed by atoms with van der Waals surface area (Å²) < 4.78 is 5.21. The molecule has 8 nitrogen and oxygen atoms in total. The van der Waals surface area contributed by atoms with Crippen LogP contribution >= 0.6 is 15.9 Å². The lowest BCUT2D eigenvalue weighted by Crippen LogP contribution is -2.30. The van der Waals surface area contributed by atoms with Crippen molar-refractivity contribution in [3.63, 3.8) is 0 Å². The number of hydrogen-bond donors (Lipinski definition) is 3. The number of carbonyl (C=O) groups is 2. The fourth-order valence-electron chi connectivity index (χ4n) is 2.18. The van der Waals surface area contributed by atoms with Crippen molar-refractivity contribution in [2.75, 3.05) is 7.11 Å². The van der Waals surface area contributed by atoms with E-state index in [-0.39, 0.29) is 31.3 Å². The zero-order valence-corrected chi connectivity index (χ0v) is 14.5. The van der Waals surface area contributed by atoms with E-state index in [4.69, 9.17) is 0 Å². The van der Waals surface area contributed by atoms with E-state index in [2.05, 4.69) is 36.0 Å². The topological polar surface area (TPSA) is 121 Å². The number of aromatic nitrogens is 2. The first-order valence-corrected chi connectivity index (χ1v) is 7.98. The smallest absolute Gasteiger partial charge is 0.314 e. The van der Waals surface area contributed by atoms with Gasteiger partial charge in [0.1, 0.15) is 0 Å². The molecule has 0 bridgehead atoms. The number of H-pyrrole nitrogens is 2. The highest BCUT2D eigenvalue weighted by Crippen LogP contribution is 2.20. The molecule has 0 saturated heterocycles. The van der Waals surface area contributed by atoms with Crippen LogP contribution in [-0.4, -0.2) is 29.0 Å². The van der Waals surface area contributed by atoms with E-state index in [9.17, 15) is 19.2 Å². The number of amides is 1. The van der Waals surface area contributed by atoms with Gasteiger partial charge in [0.25, 0.3) is 0 Å². The first-order valence-electron chi connectivity index (χ1n) is 7.19. The van der Waals surface area contributed by atoms with Crippen LogP contribution in [0.5, 0.6) is 0 Å². The molecule has 0 atom stereocenters. The van der Waals surface area contributed by atoms with Crippen LogP contribution in [0.2, 0.25) is 0 Å². The van der Waals surface area contributed by atoms with Crippen molar-refractivity contribution in [3.05, 3.63) is 42.9 Å². The summed E-state index contributed by atoms with van der Waals surface area (Å²) in [6, 6.07) is 3.40. The number of methoxy groups -OCH3 is 1. The van der Waals surface area contributed by atoms with E-state index in [1.807, 2.05) is 0 Å². The molecule has 24 heavy (non-hydrogen) atoms. The molecule has 2 aromatic rings. The monoisotopic (exact) mass is 397 g/mol. The summed E-state index contributed by atoms with van der Waals surface area (Å²) in [7, 11) is 1.30. The molecule has 1 aromatic heterocycles. The summed E-state index contributed by atoms with van der Waals surface area (Å²) in [5.41, 5.74) is 0.0736. The van der Waals surface area contributed by atoms with E-state index in [1.165, 1.54) is 7.11 Å². The number of rotatable bonds is 6. The van der Waals surface area contributed by atoms with Gasteiger partial charge in [0.2, 0.25) is 5.91 Å². The number of hydrogen-bond acceptors (Lipinski definition) is 5. The molecule has 3 N–H and O–H groups in total. The van der Waals surface area contributed by atoms with Crippen LogP contribution in [0.15, 0.2) is 26.2 Å². The second-order valence-corrected chi connectivity index (χ2v) is 6.02. The Balaban J connectivity index is 2.08. The second-order valence-electron chi connectivity index (χ2n) is 5.10. The quantitative estimate of drug-likeness (QED) is 0.494. The Morgan fingerprint density at radius 3 is 2.58 bits per heavy atom. The normalized spacial score (nSPS) is 10.6. The van der Waals surface area contributed by atoms with Gasteiger partial charge in [-0.2, -0.15) is 0 Å². The molecule has 9 heteroatoms. The van der Waals surface area contributed by atoms with Crippen molar-refractivity contribution < 1.29 is 14.3 Å². The maximum Gasteiger partial charge on any atom is 0.314 e. The van der Waals surface area contributed by atoms with Crippen molar-refractivity contribution in [1.29, 1.82) is 0 Å². The van der Waals surface area contributed by atoms with Gasteiger partial charge in [-0.3, -0.25) is 19.2 Å². The Labute approximate surface area is 144 Å². The lowest BCUT2D eigenvalue weighted by atomic mass is 10.1. The van der Waals surface area contributed by atoms with Gasteiger partial charge < -0.3 is 20.0 Å². The van der Waals surface area contributed by atoms with Crippen LogP contribution in [0.1, 0.15) is 24.8 Å². The predicted molar refractivity (Wildman–Crippen MR) is 90.6 cm³/mol. The van der Waals surface area contributed by atoms with Crippen molar-refractivity contribution in [1.82, 2.24) is 15.3 Å². The predicted octanol–water partition coefficient (Wildman–Crippen LogP) is 0.938. The van der Waals surface area contributed by atoms with Crippen molar-refractivity contribution in [2.45, 2.75) is 25.8 Å². The molecule has 0 unspecified atom stereocenters. The van der Waals surface area contributed by atoms with E-state index in [0.29, 0.717) is 27.5 Å². The molecule has 0 radical (unpaired) electrons. The lowest BCUT2D eigenvalue weighted by molar-refractivity contribution is -0.140. The highest BCUT2D eigenvalue weighted by atomic mass is 79.9. The number of halogens is 1. The molecule has 1 heterocycles. The Hall–Kier alpha value is -2.42. The summed E-state index contributed by atoms with van der Waals surface area (Å²) in [4.78, 5) is 50.7. The highest BCUT2D eigenvalue weighted by molar-refractivity contribution is 9.10. The zero-order valence-electron chi connectivity index (χ0n) is 12.9. The Bertz CT molecular complexity index is 887. The Morgan fingerprint density at radius 2 is 1.88 bits per heavy atom. The first-order chi connectivity index (χ1) is 11.4. The van der Waals surface area contributed by atoms with Crippen LogP contribution in [0.3, 0.4) is 0 Å². The third-order valence-electron chi connectivity index (χ3n) is 3.37. The summed E-state index contributed by atoms with van der Waals surface area (Å²) in [6.45, 7) is 0.176. The van der Waals surface area contributed by atoms with Crippen molar-refractivity contribution in [3.8, 4) is 0 Å². The lowest BCUT2D eigenvalue weighted by Gasteiger charge is -2.09. The summed E-state index contributed by atoms with van der Waals surface area (Å²) in [5.74, 6) is -0.582. The van der Waals surface area contributed by atoms with Gasteiger partial charge in [0.15, 0.2) is 0 Å². The van der Waals surface area contributed by atoms with Crippen LogP contribution < -0.4 is 16.4 Å². The van der Waals surface area contributed by atoms with Gasteiger partial charge in [-0.25, -0.2) is 0 Å². The average molecular weight is 398 g/mol. The van der Waals surface area contributed by atoms with Crippen LogP contribution in [0, 0.1) is 0 Å². The maximum atomic E-state index is 11.8. The third kappa shape index (κ3) is 4.54. The third-order valence-corrected chi connectivity index (χ3v) is 3.82. The standard InChI is InChI=1S/C15H16BrN3O5/c1-24-12(21)4-2-3-11(20)17-7-8-5-9(16)6-10-13(8)19-15(23)14(22)18-10/h5-6H,2-4,7H2,1H3,(H,17,20)(H,18,22)(H,19,23). The molecular weight excluding hydrogens is 382 g/mol. The number of esters is 1. The zero-order chi connectivity index (χ0) is 17.7. The summed E-state index contributed by atoms with van der Waals surface area (Å²) >= 11 is 3.32. The van der Waals surface area contributed by atoms with E-state index < -0.39 is 11.1 Å². The number of ether oxygens (including phenoxy) is 1. The van der Waals surface area contributed by atoms with Gasteiger partial charge in [-0.15, -0.1) is 0 Å².